The Hall–Kier alpha value is -0.570. The van der Waals surface area contributed by atoms with Gasteiger partial charge in [0.15, 0.2) is 0 Å². The van der Waals surface area contributed by atoms with Crippen molar-refractivity contribution in [2.24, 2.45) is 11.8 Å². The highest BCUT2D eigenvalue weighted by Gasteiger charge is 2.20. The summed E-state index contributed by atoms with van der Waals surface area (Å²) in [5.41, 5.74) is 0. The summed E-state index contributed by atoms with van der Waals surface area (Å²) in [5.74, 6) is 0.770. The Morgan fingerprint density at radius 1 is 1.47 bits per heavy atom. The summed E-state index contributed by atoms with van der Waals surface area (Å²) in [5, 5.41) is 3.49. The zero-order chi connectivity index (χ0) is 11.3. The first-order chi connectivity index (χ1) is 7.13. The molecule has 0 aromatic heterocycles. The van der Waals surface area contributed by atoms with Gasteiger partial charge in [-0.1, -0.05) is 13.3 Å². The molecule has 1 saturated carbocycles. The van der Waals surface area contributed by atoms with E-state index < -0.39 is 0 Å². The largest absolute Gasteiger partial charge is 0.469 e. The molecule has 0 saturated heterocycles. The maximum atomic E-state index is 11.2. The lowest BCUT2D eigenvalue weighted by atomic mass is 9.85. The summed E-state index contributed by atoms with van der Waals surface area (Å²) in [6, 6.07) is 0.402. The number of hydrogen-bond donors (Lipinski definition) is 1. The van der Waals surface area contributed by atoms with Crippen LogP contribution in [0.4, 0.5) is 0 Å². The zero-order valence-electron chi connectivity index (χ0n) is 10.1. The van der Waals surface area contributed by atoms with Gasteiger partial charge in [-0.15, -0.1) is 0 Å². The van der Waals surface area contributed by atoms with Crippen LogP contribution in [-0.2, 0) is 9.53 Å². The lowest BCUT2D eigenvalue weighted by Gasteiger charge is -2.27. The first kappa shape index (κ1) is 12.5. The van der Waals surface area contributed by atoms with Crippen molar-refractivity contribution in [3.05, 3.63) is 0 Å². The Kier molecular flexibility index (Phi) is 5.09. The van der Waals surface area contributed by atoms with E-state index in [1.807, 2.05) is 6.92 Å². The smallest absolute Gasteiger partial charge is 0.308 e. The van der Waals surface area contributed by atoms with Crippen LogP contribution in [-0.4, -0.2) is 25.7 Å². The number of carbonyl (C=O) groups is 1. The van der Waals surface area contributed by atoms with Crippen LogP contribution in [0.5, 0.6) is 0 Å². The van der Waals surface area contributed by atoms with Crippen molar-refractivity contribution < 1.29 is 9.53 Å². The third kappa shape index (κ3) is 4.20. The summed E-state index contributed by atoms with van der Waals surface area (Å²) in [4.78, 5) is 11.2. The predicted molar refractivity (Wildman–Crippen MR) is 60.6 cm³/mol. The number of methoxy groups -OCH3 is 1. The summed E-state index contributed by atoms with van der Waals surface area (Å²) in [6.45, 7) is 5.17. The van der Waals surface area contributed by atoms with Gasteiger partial charge >= 0.3 is 5.97 Å². The van der Waals surface area contributed by atoms with Crippen molar-refractivity contribution in [2.75, 3.05) is 13.7 Å². The second-order valence-corrected chi connectivity index (χ2v) is 4.77. The third-order valence-electron chi connectivity index (χ3n) is 3.29. The SMILES string of the molecule is COC(=O)C(C)CC(C)NCC1CCC1. The topological polar surface area (TPSA) is 38.3 Å². The number of esters is 1. The molecule has 0 aliphatic heterocycles. The quantitative estimate of drug-likeness (QED) is 0.685. The molecule has 0 spiro atoms. The normalized spacial score (nSPS) is 20.5. The molecular formula is C12H23NO2. The molecule has 88 valence electrons. The highest BCUT2D eigenvalue weighted by atomic mass is 16.5. The van der Waals surface area contributed by atoms with Crippen molar-refractivity contribution >= 4 is 5.97 Å². The molecule has 15 heavy (non-hydrogen) atoms. The standard InChI is InChI=1S/C12H23NO2/c1-9(12(14)15-3)7-10(2)13-8-11-5-4-6-11/h9-11,13H,4-8H2,1-3H3. The first-order valence-electron chi connectivity index (χ1n) is 5.94. The lowest BCUT2D eigenvalue weighted by molar-refractivity contribution is -0.145. The van der Waals surface area contributed by atoms with Gasteiger partial charge in [-0.25, -0.2) is 0 Å². The van der Waals surface area contributed by atoms with Crippen LogP contribution < -0.4 is 5.32 Å². The van der Waals surface area contributed by atoms with Gasteiger partial charge in [-0.05, 0) is 38.6 Å². The van der Waals surface area contributed by atoms with E-state index in [-0.39, 0.29) is 11.9 Å². The van der Waals surface area contributed by atoms with Gasteiger partial charge in [0.25, 0.3) is 0 Å². The predicted octanol–water partition coefficient (Wildman–Crippen LogP) is 1.96. The maximum absolute atomic E-state index is 11.2. The summed E-state index contributed by atoms with van der Waals surface area (Å²) < 4.78 is 4.70. The minimum absolute atomic E-state index is 0.00103. The van der Waals surface area contributed by atoms with Crippen LogP contribution >= 0.6 is 0 Å². The van der Waals surface area contributed by atoms with Crippen molar-refractivity contribution in [3.8, 4) is 0 Å². The fourth-order valence-corrected chi connectivity index (χ4v) is 1.98. The third-order valence-corrected chi connectivity index (χ3v) is 3.29. The molecule has 1 aliphatic carbocycles. The molecule has 3 nitrogen and oxygen atoms in total. The summed E-state index contributed by atoms with van der Waals surface area (Å²) in [7, 11) is 1.45. The summed E-state index contributed by atoms with van der Waals surface area (Å²) in [6.07, 6.45) is 4.98. The van der Waals surface area contributed by atoms with Crippen LogP contribution in [0.15, 0.2) is 0 Å². The number of nitrogens with one attached hydrogen (secondary N) is 1. The van der Waals surface area contributed by atoms with E-state index in [4.69, 9.17) is 4.74 Å². The molecule has 1 rings (SSSR count). The fraction of sp³-hybridized carbons (Fsp3) is 0.917. The molecule has 1 N–H and O–H groups in total. The van der Waals surface area contributed by atoms with Gasteiger partial charge in [-0.3, -0.25) is 4.79 Å². The van der Waals surface area contributed by atoms with E-state index in [1.54, 1.807) is 0 Å². The van der Waals surface area contributed by atoms with Gasteiger partial charge in [-0.2, -0.15) is 0 Å². The molecule has 2 atom stereocenters. The van der Waals surface area contributed by atoms with Gasteiger partial charge in [0.2, 0.25) is 0 Å². The van der Waals surface area contributed by atoms with Crippen molar-refractivity contribution in [3.63, 3.8) is 0 Å². The highest BCUT2D eigenvalue weighted by Crippen LogP contribution is 2.25. The Morgan fingerprint density at radius 2 is 2.13 bits per heavy atom. The van der Waals surface area contributed by atoms with E-state index in [0.29, 0.717) is 6.04 Å². The molecule has 0 aromatic rings. The average Bonchev–Trinajstić information content (AvgIpc) is 2.14. The Labute approximate surface area is 92.6 Å². The molecule has 2 unspecified atom stereocenters. The van der Waals surface area contributed by atoms with Crippen molar-refractivity contribution in [1.82, 2.24) is 5.32 Å². The Balaban J connectivity index is 2.10. The molecule has 3 heteroatoms. The zero-order valence-corrected chi connectivity index (χ0v) is 10.1. The second kappa shape index (κ2) is 6.11. The monoisotopic (exact) mass is 213 g/mol. The number of rotatable bonds is 6. The lowest BCUT2D eigenvalue weighted by Crippen LogP contribution is -2.35. The fourth-order valence-electron chi connectivity index (χ4n) is 1.98. The highest BCUT2D eigenvalue weighted by molar-refractivity contribution is 5.71. The minimum atomic E-state index is -0.104. The average molecular weight is 213 g/mol. The van der Waals surface area contributed by atoms with Crippen LogP contribution in [0.2, 0.25) is 0 Å². The van der Waals surface area contributed by atoms with Crippen LogP contribution in [0, 0.1) is 11.8 Å². The molecule has 1 fully saturated rings. The molecule has 0 aromatic carbocycles. The van der Waals surface area contributed by atoms with E-state index in [2.05, 4.69) is 12.2 Å². The molecule has 0 heterocycles. The van der Waals surface area contributed by atoms with Crippen molar-refractivity contribution in [2.45, 2.75) is 45.6 Å². The minimum Gasteiger partial charge on any atom is -0.469 e. The second-order valence-electron chi connectivity index (χ2n) is 4.77. The van der Waals surface area contributed by atoms with Crippen LogP contribution in [0.1, 0.15) is 39.5 Å². The summed E-state index contributed by atoms with van der Waals surface area (Å²) >= 11 is 0. The van der Waals surface area contributed by atoms with Crippen LogP contribution in [0.25, 0.3) is 0 Å². The molecule has 0 amide bonds. The number of carbonyl (C=O) groups excluding carboxylic acids is 1. The van der Waals surface area contributed by atoms with Gasteiger partial charge in [0.05, 0.1) is 13.0 Å². The van der Waals surface area contributed by atoms with E-state index in [9.17, 15) is 4.79 Å². The molecule has 1 aliphatic rings. The van der Waals surface area contributed by atoms with Crippen molar-refractivity contribution in [1.29, 1.82) is 0 Å². The van der Waals surface area contributed by atoms with Gasteiger partial charge in [0, 0.05) is 6.04 Å². The van der Waals surface area contributed by atoms with Crippen LogP contribution in [0.3, 0.4) is 0 Å². The van der Waals surface area contributed by atoms with E-state index in [0.717, 1.165) is 18.9 Å². The molecule has 0 bridgehead atoms. The molecule has 0 radical (unpaired) electrons. The van der Waals surface area contributed by atoms with E-state index in [1.165, 1.54) is 26.4 Å². The van der Waals surface area contributed by atoms with Gasteiger partial charge in [0.1, 0.15) is 0 Å². The maximum Gasteiger partial charge on any atom is 0.308 e. The molecular weight excluding hydrogens is 190 g/mol. The number of ether oxygens (including phenoxy) is 1. The number of hydrogen-bond acceptors (Lipinski definition) is 3. The Bertz CT molecular complexity index is 202. The first-order valence-corrected chi connectivity index (χ1v) is 5.94. The van der Waals surface area contributed by atoms with E-state index >= 15 is 0 Å². The van der Waals surface area contributed by atoms with Gasteiger partial charge < -0.3 is 10.1 Å². The Morgan fingerprint density at radius 3 is 2.60 bits per heavy atom.